The molecule has 1 aromatic rings. The highest BCUT2D eigenvalue weighted by Gasteiger charge is 2.46. The molecule has 1 aliphatic heterocycles. The molecule has 2 rings (SSSR count). The first-order valence-electron chi connectivity index (χ1n) is 6.00. The van der Waals surface area contributed by atoms with E-state index in [9.17, 15) is 18.3 Å². The van der Waals surface area contributed by atoms with Crippen LogP contribution in [0.15, 0.2) is 12.1 Å². The number of rotatable bonds is 2. The number of nitrogens with one attached hydrogen (secondary N) is 1. The van der Waals surface area contributed by atoms with Crippen LogP contribution in [-0.2, 0) is 0 Å². The van der Waals surface area contributed by atoms with Gasteiger partial charge in [0.1, 0.15) is 11.8 Å². The molecule has 3 nitrogen and oxygen atoms in total. The average molecular weight is 402 g/mol. The smallest absolute Gasteiger partial charge is 0.408 e. The molecule has 1 aliphatic rings. The molecule has 1 atom stereocenters. The van der Waals surface area contributed by atoms with E-state index in [0.717, 1.165) is 6.07 Å². The van der Waals surface area contributed by atoms with Crippen molar-refractivity contribution in [3.05, 3.63) is 27.7 Å². The van der Waals surface area contributed by atoms with Crippen molar-refractivity contribution < 1.29 is 18.3 Å². The van der Waals surface area contributed by atoms with Gasteiger partial charge in [-0.3, -0.25) is 4.90 Å². The molecule has 0 aromatic heterocycles. The van der Waals surface area contributed by atoms with Gasteiger partial charge in [0.05, 0.1) is 5.02 Å². The van der Waals surface area contributed by atoms with Crippen LogP contribution < -0.4 is 5.32 Å². The number of piperazine rings is 1. The number of alkyl halides is 3. The molecule has 0 radical (unpaired) electrons. The van der Waals surface area contributed by atoms with Gasteiger partial charge in [0.2, 0.25) is 0 Å². The molecule has 0 unspecified atom stereocenters. The summed E-state index contributed by atoms with van der Waals surface area (Å²) in [7, 11) is 0. The van der Waals surface area contributed by atoms with Gasteiger partial charge in [0, 0.05) is 36.8 Å². The Kier molecular flexibility index (Phi) is 8.62. The van der Waals surface area contributed by atoms with E-state index in [1.54, 1.807) is 0 Å². The van der Waals surface area contributed by atoms with Crippen molar-refractivity contribution in [2.45, 2.75) is 12.2 Å². The van der Waals surface area contributed by atoms with Crippen molar-refractivity contribution >= 4 is 48.0 Å². The summed E-state index contributed by atoms with van der Waals surface area (Å²) in [5.41, 5.74) is -0.308. The Morgan fingerprint density at radius 3 is 2.18 bits per heavy atom. The molecule has 10 heteroatoms. The molecular weight excluding hydrogens is 387 g/mol. The van der Waals surface area contributed by atoms with Crippen LogP contribution >= 0.6 is 48.0 Å². The van der Waals surface area contributed by atoms with Gasteiger partial charge in [-0.15, -0.1) is 24.8 Å². The Hall–Kier alpha value is -0.110. The van der Waals surface area contributed by atoms with E-state index in [0.29, 0.717) is 13.1 Å². The van der Waals surface area contributed by atoms with Gasteiger partial charge in [-0.1, -0.05) is 23.2 Å². The molecule has 0 bridgehead atoms. The van der Waals surface area contributed by atoms with Gasteiger partial charge in [-0.25, -0.2) is 0 Å². The van der Waals surface area contributed by atoms with Gasteiger partial charge in [0.15, 0.2) is 0 Å². The van der Waals surface area contributed by atoms with Crippen LogP contribution in [0.2, 0.25) is 10.0 Å². The van der Waals surface area contributed by atoms with E-state index in [1.165, 1.54) is 11.0 Å². The highest BCUT2D eigenvalue weighted by atomic mass is 35.5. The van der Waals surface area contributed by atoms with Crippen LogP contribution in [0.1, 0.15) is 11.6 Å². The van der Waals surface area contributed by atoms with E-state index >= 15 is 0 Å². The summed E-state index contributed by atoms with van der Waals surface area (Å²) < 4.78 is 40.1. The Morgan fingerprint density at radius 2 is 1.68 bits per heavy atom. The number of aromatic hydroxyl groups is 1. The lowest BCUT2D eigenvalue weighted by Gasteiger charge is -2.36. The van der Waals surface area contributed by atoms with Crippen molar-refractivity contribution in [2.75, 3.05) is 26.2 Å². The summed E-state index contributed by atoms with van der Waals surface area (Å²) in [5.74, 6) is -0.572. The second-order valence-electron chi connectivity index (χ2n) is 4.56. The first-order valence-corrected chi connectivity index (χ1v) is 6.75. The summed E-state index contributed by atoms with van der Waals surface area (Å²) >= 11 is 11.5. The highest BCUT2D eigenvalue weighted by Crippen LogP contribution is 2.44. The summed E-state index contributed by atoms with van der Waals surface area (Å²) in [4.78, 5) is 1.26. The lowest BCUT2D eigenvalue weighted by molar-refractivity contribution is -0.188. The number of phenolic OH excluding ortho intramolecular Hbond substituents is 1. The standard InChI is InChI=1S/C12H13Cl2F3N2O.2ClH/c13-7-5-8(10(20)9(14)6-7)11(12(15,16)17)19-3-1-18-2-4-19;;/h5-6,11,18,20H,1-4H2;2*1H/t11-;;/m0../s1. The summed E-state index contributed by atoms with van der Waals surface area (Å²) in [6.45, 7) is 1.38. The number of hydrogen-bond acceptors (Lipinski definition) is 3. The highest BCUT2D eigenvalue weighted by molar-refractivity contribution is 6.35. The molecule has 128 valence electrons. The third-order valence-electron chi connectivity index (χ3n) is 3.18. The molecule has 2 N–H and O–H groups in total. The van der Waals surface area contributed by atoms with Crippen LogP contribution in [0.4, 0.5) is 13.2 Å². The Morgan fingerprint density at radius 1 is 1.14 bits per heavy atom. The lowest BCUT2D eigenvalue weighted by atomic mass is 10.0. The molecular formula is C12H15Cl4F3N2O. The second kappa shape index (κ2) is 8.66. The maximum atomic E-state index is 13.4. The zero-order valence-corrected chi connectivity index (χ0v) is 14.3. The van der Waals surface area contributed by atoms with Gasteiger partial charge in [-0.05, 0) is 12.1 Å². The minimum Gasteiger partial charge on any atom is -0.506 e. The van der Waals surface area contributed by atoms with Crippen LogP contribution in [0.5, 0.6) is 5.75 Å². The van der Waals surface area contributed by atoms with Crippen molar-refractivity contribution in [1.82, 2.24) is 10.2 Å². The van der Waals surface area contributed by atoms with Crippen LogP contribution in [0.3, 0.4) is 0 Å². The Labute approximate surface area is 148 Å². The molecule has 0 spiro atoms. The Balaban J connectivity index is 0.00000220. The quantitative estimate of drug-likeness (QED) is 0.784. The van der Waals surface area contributed by atoms with E-state index in [2.05, 4.69) is 5.32 Å². The monoisotopic (exact) mass is 400 g/mol. The molecule has 1 saturated heterocycles. The minimum atomic E-state index is -4.52. The summed E-state index contributed by atoms with van der Waals surface area (Å²) in [5, 5.41) is 12.7. The van der Waals surface area contributed by atoms with Gasteiger partial charge in [-0.2, -0.15) is 13.2 Å². The van der Waals surface area contributed by atoms with Crippen molar-refractivity contribution in [2.24, 2.45) is 0 Å². The van der Waals surface area contributed by atoms with E-state index < -0.39 is 18.0 Å². The van der Waals surface area contributed by atoms with Crippen molar-refractivity contribution in [1.29, 1.82) is 0 Å². The Bertz CT molecular complexity index is 496. The molecule has 0 amide bonds. The number of halogens is 7. The molecule has 1 aromatic carbocycles. The zero-order valence-electron chi connectivity index (χ0n) is 11.2. The first kappa shape index (κ1) is 21.9. The lowest BCUT2D eigenvalue weighted by Crippen LogP contribution is -2.49. The number of benzene rings is 1. The summed E-state index contributed by atoms with van der Waals surface area (Å²) in [6, 6.07) is 0.414. The fourth-order valence-corrected chi connectivity index (χ4v) is 2.82. The van der Waals surface area contributed by atoms with Gasteiger partial charge < -0.3 is 10.4 Å². The number of nitrogens with zero attached hydrogens (tertiary/aromatic N) is 1. The third kappa shape index (κ3) is 4.94. The van der Waals surface area contributed by atoms with Gasteiger partial charge in [0.25, 0.3) is 0 Å². The topological polar surface area (TPSA) is 35.5 Å². The van der Waals surface area contributed by atoms with E-state index in [4.69, 9.17) is 23.2 Å². The zero-order chi connectivity index (χ0) is 14.9. The maximum Gasteiger partial charge on any atom is 0.408 e. The van der Waals surface area contributed by atoms with Gasteiger partial charge >= 0.3 is 6.18 Å². The molecule has 1 fully saturated rings. The molecule has 22 heavy (non-hydrogen) atoms. The first-order chi connectivity index (χ1) is 9.30. The van der Waals surface area contributed by atoms with Crippen molar-refractivity contribution in [3.63, 3.8) is 0 Å². The van der Waals surface area contributed by atoms with Crippen molar-refractivity contribution in [3.8, 4) is 5.75 Å². The maximum absolute atomic E-state index is 13.4. The van der Waals surface area contributed by atoms with E-state index in [-0.39, 0.29) is 53.5 Å². The SMILES string of the molecule is Cl.Cl.Oc1c(Cl)cc(Cl)cc1[C@H](N1CCNCC1)C(F)(F)F. The number of hydrogen-bond donors (Lipinski definition) is 2. The molecule has 1 heterocycles. The van der Waals surface area contributed by atoms with Crippen LogP contribution in [-0.4, -0.2) is 42.4 Å². The largest absolute Gasteiger partial charge is 0.506 e. The predicted octanol–water partition coefficient (Wildman–Crippen LogP) is 4.05. The average Bonchev–Trinajstić information content (AvgIpc) is 2.35. The van der Waals surface area contributed by atoms with Crippen LogP contribution in [0, 0.1) is 0 Å². The molecule has 0 aliphatic carbocycles. The predicted molar refractivity (Wildman–Crippen MR) is 85.9 cm³/mol. The summed E-state index contributed by atoms with van der Waals surface area (Å²) in [6.07, 6.45) is -4.52. The van der Waals surface area contributed by atoms with E-state index in [1.807, 2.05) is 0 Å². The number of phenols is 1. The minimum absolute atomic E-state index is 0. The second-order valence-corrected chi connectivity index (χ2v) is 5.40. The fourth-order valence-electron chi connectivity index (χ4n) is 2.31. The third-order valence-corrected chi connectivity index (χ3v) is 3.69. The normalized spacial score (nSPS) is 17.3. The fraction of sp³-hybridized carbons (Fsp3) is 0.500. The molecule has 0 saturated carbocycles. The van der Waals surface area contributed by atoms with Crippen LogP contribution in [0.25, 0.3) is 0 Å².